The predicted octanol–water partition coefficient (Wildman–Crippen LogP) is 4.87. The van der Waals surface area contributed by atoms with Crippen molar-refractivity contribution in [3.05, 3.63) is 68.2 Å². The van der Waals surface area contributed by atoms with Crippen LogP contribution in [0, 0.1) is 17.0 Å². The van der Waals surface area contributed by atoms with Gasteiger partial charge in [-0.25, -0.2) is 0 Å². The molecule has 0 aliphatic rings. The predicted molar refractivity (Wildman–Crippen MR) is 83.2 cm³/mol. The highest BCUT2D eigenvalue weighted by Crippen LogP contribution is 2.28. The Labute approximate surface area is 132 Å². The van der Waals surface area contributed by atoms with Crippen LogP contribution in [0.2, 0.25) is 5.02 Å². The summed E-state index contributed by atoms with van der Waals surface area (Å²) in [4.78, 5) is 10.6. The highest BCUT2D eigenvalue weighted by atomic mass is 35.5. The first-order valence-corrected chi connectivity index (χ1v) is 7.14. The molecule has 0 radical (unpaired) electrons. The van der Waals surface area contributed by atoms with E-state index in [9.17, 15) is 10.1 Å². The van der Waals surface area contributed by atoms with Gasteiger partial charge in [0.05, 0.1) is 16.4 Å². The number of hydrogen-bond donors (Lipinski definition) is 0. The van der Waals surface area contributed by atoms with E-state index in [4.69, 9.17) is 27.9 Å². The first-order valence-electron chi connectivity index (χ1n) is 6.23. The average molecular weight is 326 g/mol. The maximum atomic E-state index is 11.0. The zero-order chi connectivity index (χ0) is 15.4. The zero-order valence-electron chi connectivity index (χ0n) is 11.3. The van der Waals surface area contributed by atoms with E-state index in [-0.39, 0.29) is 12.3 Å². The molecule has 0 aliphatic carbocycles. The molecule has 0 aliphatic heterocycles. The summed E-state index contributed by atoms with van der Waals surface area (Å²) >= 11 is 11.7. The molecule has 4 nitrogen and oxygen atoms in total. The van der Waals surface area contributed by atoms with Crippen molar-refractivity contribution in [1.29, 1.82) is 0 Å². The normalized spacial score (nSPS) is 10.4. The monoisotopic (exact) mass is 325 g/mol. The van der Waals surface area contributed by atoms with Gasteiger partial charge in [-0.2, -0.15) is 0 Å². The van der Waals surface area contributed by atoms with Crippen molar-refractivity contribution in [3.63, 3.8) is 0 Å². The number of rotatable bonds is 5. The van der Waals surface area contributed by atoms with Gasteiger partial charge in [-0.3, -0.25) is 10.1 Å². The maximum Gasteiger partial charge on any atom is 0.277 e. The Balaban J connectivity index is 2.27. The second-order valence-corrected chi connectivity index (χ2v) is 5.22. The lowest BCUT2D eigenvalue weighted by Gasteiger charge is -2.13. The first-order chi connectivity index (χ1) is 10.0. The molecule has 2 rings (SSSR count). The molecule has 0 fully saturated rings. The second kappa shape index (κ2) is 6.78. The van der Waals surface area contributed by atoms with Crippen LogP contribution in [0.25, 0.3) is 0 Å². The van der Waals surface area contributed by atoms with Crippen LogP contribution < -0.4 is 4.74 Å². The number of nitro groups is 1. The lowest BCUT2D eigenvalue weighted by molar-refractivity contribution is -0.385. The Morgan fingerprint density at radius 2 is 2.00 bits per heavy atom. The zero-order valence-corrected chi connectivity index (χ0v) is 12.8. The number of hydrogen-bond acceptors (Lipinski definition) is 3. The van der Waals surface area contributed by atoms with Gasteiger partial charge in [0.1, 0.15) is 12.4 Å². The van der Waals surface area contributed by atoms with Crippen LogP contribution in [-0.2, 0) is 12.5 Å². The number of nitro benzene ring substituents is 1. The quantitative estimate of drug-likeness (QED) is 0.447. The Kier molecular flexibility index (Phi) is 5.04. The molecule has 0 unspecified atom stereocenters. The van der Waals surface area contributed by atoms with Crippen molar-refractivity contribution in [2.24, 2.45) is 0 Å². The number of alkyl halides is 1. The third-order valence-electron chi connectivity index (χ3n) is 3.05. The number of nitrogens with zero attached hydrogens (tertiary/aromatic N) is 1. The molecule has 0 atom stereocenters. The van der Waals surface area contributed by atoms with E-state index in [2.05, 4.69) is 0 Å². The maximum absolute atomic E-state index is 11.0. The summed E-state index contributed by atoms with van der Waals surface area (Å²) in [6, 6.07) is 10.2. The highest BCUT2D eigenvalue weighted by molar-refractivity contribution is 6.30. The molecular weight excluding hydrogens is 313 g/mol. The molecule has 0 bridgehead atoms. The van der Waals surface area contributed by atoms with Crippen LogP contribution in [-0.4, -0.2) is 4.92 Å². The van der Waals surface area contributed by atoms with E-state index in [1.54, 1.807) is 12.1 Å². The summed E-state index contributed by atoms with van der Waals surface area (Å²) in [7, 11) is 0. The van der Waals surface area contributed by atoms with Gasteiger partial charge < -0.3 is 4.74 Å². The molecule has 0 saturated carbocycles. The van der Waals surface area contributed by atoms with Crippen molar-refractivity contribution < 1.29 is 9.66 Å². The summed E-state index contributed by atoms with van der Waals surface area (Å²) in [5.41, 5.74) is 2.20. The highest BCUT2D eigenvalue weighted by Gasteiger charge is 2.16. The minimum Gasteiger partial charge on any atom is -0.488 e. The standard InChI is InChI=1S/C15H13Cl2NO3/c1-10-3-2-4-11(8-16)15(10)21-9-12-5-6-13(17)7-14(12)18(19)20/h2-7H,8-9H2,1H3. The van der Waals surface area contributed by atoms with E-state index in [0.717, 1.165) is 11.1 Å². The fourth-order valence-electron chi connectivity index (χ4n) is 2.00. The van der Waals surface area contributed by atoms with Gasteiger partial charge in [0.15, 0.2) is 0 Å². The van der Waals surface area contributed by atoms with E-state index >= 15 is 0 Å². The van der Waals surface area contributed by atoms with Gasteiger partial charge in [0, 0.05) is 16.7 Å². The van der Waals surface area contributed by atoms with Crippen LogP contribution >= 0.6 is 23.2 Å². The topological polar surface area (TPSA) is 52.4 Å². The van der Waals surface area contributed by atoms with Gasteiger partial charge in [0.25, 0.3) is 5.69 Å². The smallest absolute Gasteiger partial charge is 0.277 e. The number of aryl methyl sites for hydroxylation is 1. The number of para-hydroxylation sites is 1. The lowest BCUT2D eigenvalue weighted by Crippen LogP contribution is -2.03. The van der Waals surface area contributed by atoms with Crippen molar-refractivity contribution in [2.75, 3.05) is 0 Å². The SMILES string of the molecule is Cc1cccc(CCl)c1OCc1ccc(Cl)cc1[N+](=O)[O-]. The van der Waals surface area contributed by atoms with Gasteiger partial charge in [-0.05, 0) is 24.6 Å². The molecule has 2 aromatic carbocycles. The second-order valence-electron chi connectivity index (χ2n) is 4.52. The van der Waals surface area contributed by atoms with E-state index in [1.807, 2.05) is 25.1 Å². The molecule has 21 heavy (non-hydrogen) atoms. The van der Waals surface area contributed by atoms with Crippen LogP contribution in [0.3, 0.4) is 0 Å². The summed E-state index contributed by atoms with van der Waals surface area (Å²) in [5.74, 6) is 0.983. The Bertz CT molecular complexity index is 674. The first kappa shape index (κ1) is 15.6. The van der Waals surface area contributed by atoms with E-state index in [0.29, 0.717) is 22.2 Å². The molecule has 0 amide bonds. The van der Waals surface area contributed by atoms with E-state index < -0.39 is 4.92 Å². The van der Waals surface area contributed by atoms with Crippen LogP contribution in [0.15, 0.2) is 36.4 Å². The molecule has 0 spiro atoms. The molecule has 2 aromatic rings. The fraction of sp³-hybridized carbons (Fsp3) is 0.200. The summed E-state index contributed by atoms with van der Waals surface area (Å²) in [5, 5.41) is 11.4. The Morgan fingerprint density at radius 3 is 2.67 bits per heavy atom. The minimum absolute atomic E-state index is 0.0523. The fourth-order valence-corrected chi connectivity index (χ4v) is 2.38. The van der Waals surface area contributed by atoms with Crippen molar-refractivity contribution in [1.82, 2.24) is 0 Å². The van der Waals surface area contributed by atoms with Gasteiger partial charge in [-0.1, -0.05) is 29.8 Å². The Morgan fingerprint density at radius 1 is 1.24 bits per heavy atom. The number of halogens is 2. The average Bonchev–Trinajstić information content (AvgIpc) is 2.46. The molecule has 0 saturated heterocycles. The summed E-state index contributed by atoms with van der Waals surface area (Å²) in [6.07, 6.45) is 0. The number of ether oxygens (including phenoxy) is 1. The van der Waals surface area contributed by atoms with Crippen molar-refractivity contribution in [3.8, 4) is 5.75 Å². The minimum atomic E-state index is -0.467. The molecule has 6 heteroatoms. The lowest BCUT2D eigenvalue weighted by atomic mass is 10.1. The third kappa shape index (κ3) is 3.65. The summed E-state index contributed by atoms with van der Waals surface area (Å²) < 4.78 is 5.74. The van der Waals surface area contributed by atoms with Gasteiger partial charge >= 0.3 is 0 Å². The van der Waals surface area contributed by atoms with Crippen LogP contribution in [0.1, 0.15) is 16.7 Å². The van der Waals surface area contributed by atoms with Crippen LogP contribution in [0.5, 0.6) is 5.75 Å². The summed E-state index contributed by atoms with van der Waals surface area (Å²) in [6.45, 7) is 1.99. The molecular formula is C15H13Cl2NO3. The van der Waals surface area contributed by atoms with Crippen LogP contribution in [0.4, 0.5) is 5.69 Å². The largest absolute Gasteiger partial charge is 0.488 e. The molecule has 110 valence electrons. The van der Waals surface area contributed by atoms with E-state index in [1.165, 1.54) is 6.07 Å². The van der Waals surface area contributed by atoms with Gasteiger partial charge in [0.2, 0.25) is 0 Å². The van der Waals surface area contributed by atoms with Gasteiger partial charge in [-0.15, -0.1) is 11.6 Å². The third-order valence-corrected chi connectivity index (χ3v) is 3.58. The number of benzene rings is 2. The molecule has 0 heterocycles. The van der Waals surface area contributed by atoms with Crippen molar-refractivity contribution >= 4 is 28.9 Å². The molecule has 0 N–H and O–H groups in total. The molecule has 0 aromatic heterocycles. The van der Waals surface area contributed by atoms with Crippen molar-refractivity contribution in [2.45, 2.75) is 19.4 Å². The Hall–Kier alpha value is -1.78.